The van der Waals surface area contributed by atoms with Crippen LogP contribution in [0.3, 0.4) is 0 Å². The lowest BCUT2D eigenvalue weighted by atomic mass is 10.1. The molecule has 9 heteroatoms. The largest absolute Gasteiger partial charge is 0.497 e. The molecule has 0 amide bonds. The highest BCUT2D eigenvalue weighted by Crippen LogP contribution is 2.26. The summed E-state index contributed by atoms with van der Waals surface area (Å²) in [6.45, 7) is 0.464. The number of benzene rings is 2. The van der Waals surface area contributed by atoms with Crippen LogP contribution in [-0.2, 0) is 6.54 Å². The average molecular weight is 425 g/mol. The number of hydrogen-bond acceptors (Lipinski definition) is 7. The van der Waals surface area contributed by atoms with Crippen molar-refractivity contribution in [1.82, 2.24) is 19.7 Å². The molecule has 0 fully saturated rings. The summed E-state index contributed by atoms with van der Waals surface area (Å²) < 4.78 is 6.91. The first-order valence-electron chi connectivity index (χ1n) is 8.72. The molecule has 0 atom stereocenters. The number of nitrogens with one attached hydrogen (secondary N) is 1. The fourth-order valence-corrected chi connectivity index (χ4v) is 3.42. The Morgan fingerprint density at radius 2 is 1.97 bits per heavy atom. The van der Waals surface area contributed by atoms with Crippen molar-refractivity contribution in [2.45, 2.75) is 6.54 Å². The maximum atomic E-state index is 6.01. The van der Waals surface area contributed by atoms with Crippen LogP contribution in [0.15, 0.2) is 71.7 Å². The molecule has 0 aliphatic rings. The quantitative estimate of drug-likeness (QED) is 0.347. The first-order valence-corrected chi connectivity index (χ1v) is 9.98. The molecule has 0 bridgehead atoms. The Kier molecular flexibility index (Phi) is 5.83. The normalized spacial score (nSPS) is 11.4. The van der Waals surface area contributed by atoms with E-state index >= 15 is 0 Å². The Morgan fingerprint density at radius 1 is 1.17 bits per heavy atom. The van der Waals surface area contributed by atoms with E-state index in [0.29, 0.717) is 16.7 Å². The van der Waals surface area contributed by atoms with E-state index in [2.05, 4.69) is 25.6 Å². The third-order valence-corrected chi connectivity index (χ3v) is 5.13. The van der Waals surface area contributed by atoms with E-state index in [1.54, 1.807) is 18.1 Å². The summed E-state index contributed by atoms with van der Waals surface area (Å²) in [6, 6.07) is 15.3. The van der Waals surface area contributed by atoms with E-state index < -0.39 is 0 Å². The number of methoxy groups -OCH3 is 1. The van der Waals surface area contributed by atoms with E-state index in [1.165, 1.54) is 17.7 Å². The number of nitrogens with zero attached hydrogens (tertiary/aromatic N) is 5. The van der Waals surface area contributed by atoms with Gasteiger partial charge in [-0.15, -0.1) is 11.3 Å². The van der Waals surface area contributed by atoms with Gasteiger partial charge in [-0.25, -0.2) is 14.6 Å². The second kappa shape index (κ2) is 8.85. The lowest BCUT2D eigenvalue weighted by molar-refractivity contribution is 0.415. The maximum Gasteiger partial charge on any atom is 0.203 e. The van der Waals surface area contributed by atoms with Gasteiger partial charge >= 0.3 is 0 Å². The minimum absolute atomic E-state index is 0.464. The topological polar surface area (TPSA) is 77.2 Å². The highest BCUT2D eigenvalue weighted by atomic mass is 35.5. The number of rotatable bonds is 7. The number of ether oxygens (including phenoxy) is 1. The number of halogens is 1. The summed E-state index contributed by atoms with van der Waals surface area (Å²) in [5, 5.41) is 12.1. The molecule has 1 N–H and O–H groups in total. The molecule has 0 unspecified atom stereocenters. The van der Waals surface area contributed by atoms with Crippen LogP contribution in [0.4, 0.5) is 5.13 Å². The summed E-state index contributed by atoms with van der Waals surface area (Å²) in [7, 11) is 1.65. The molecule has 0 saturated heterocycles. The summed E-state index contributed by atoms with van der Waals surface area (Å²) in [5.74, 6) is 0.813. The van der Waals surface area contributed by atoms with Crippen LogP contribution in [0.1, 0.15) is 5.56 Å². The second-order valence-electron chi connectivity index (χ2n) is 6.04. The number of thiazole rings is 1. The molecule has 0 radical (unpaired) electrons. The van der Waals surface area contributed by atoms with Crippen molar-refractivity contribution in [3.8, 4) is 17.0 Å². The molecule has 0 saturated carbocycles. The molecule has 4 rings (SSSR count). The SMILES string of the molecule is COc1ccc(-c2csc(N/N=C(\Cn3cncn3)c3ccc(Cl)cc3)n2)cc1. The molecule has 2 heterocycles. The van der Waals surface area contributed by atoms with Gasteiger partial charge in [-0.1, -0.05) is 23.7 Å². The summed E-state index contributed by atoms with van der Waals surface area (Å²) in [6.07, 6.45) is 3.14. The summed E-state index contributed by atoms with van der Waals surface area (Å²) in [4.78, 5) is 8.60. The lowest BCUT2D eigenvalue weighted by Crippen LogP contribution is -2.14. The molecule has 4 aromatic rings. The van der Waals surface area contributed by atoms with Gasteiger partial charge in [0.15, 0.2) is 0 Å². The predicted octanol–water partition coefficient (Wildman–Crippen LogP) is 4.58. The van der Waals surface area contributed by atoms with Gasteiger partial charge in [-0.2, -0.15) is 10.2 Å². The van der Waals surface area contributed by atoms with Gasteiger partial charge < -0.3 is 4.74 Å². The summed E-state index contributed by atoms with van der Waals surface area (Å²) >= 11 is 7.50. The minimum Gasteiger partial charge on any atom is -0.497 e. The Labute approximate surface area is 176 Å². The molecule has 0 aliphatic heterocycles. The molecular formula is C20H17ClN6OS. The van der Waals surface area contributed by atoms with Crippen LogP contribution >= 0.6 is 22.9 Å². The van der Waals surface area contributed by atoms with Crippen molar-refractivity contribution in [2.24, 2.45) is 5.10 Å². The van der Waals surface area contributed by atoms with Crippen molar-refractivity contribution in [1.29, 1.82) is 0 Å². The zero-order chi connectivity index (χ0) is 20.1. The van der Waals surface area contributed by atoms with E-state index in [9.17, 15) is 0 Å². The smallest absolute Gasteiger partial charge is 0.203 e. The van der Waals surface area contributed by atoms with Gasteiger partial charge in [-0.05, 0) is 42.0 Å². The van der Waals surface area contributed by atoms with Gasteiger partial charge in [0, 0.05) is 16.0 Å². The number of hydrazone groups is 1. The van der Waals surface area contributed by atoms with Crippen molar-refractivity contribution < 1.29 is 4.74 Å². The lowest BCUT2D eigenvalue weighted by Gasteiger charge is -2.07. The van der Waals surface area contributed by atoms with Gasteiger partial charge in [0.1, 0.15) is 18.4 Å². The fraction of sp³-hybridized carbons (Fsp3) is 0.100. The first-order chi connectivity index (χ1) is 14.2. The first kappa shape index (κ1) is 19.1. The third kappa shape index (κ3) is 4.79. The second-order valence-corrected chi connectivity index (χ2v) is 7.33. The van der Waals surface area contributed by atoms with Crippen molar-refractivity contribution >= 4 is 33.8 Å². The maximum absolute atomic E-state index is 6.01. The third-order valence-electron chi connectivity index (χ3n) is 4.13. The van der Waals surface area contributed by atoms with Gasteiger partial charge in [0.2, 0.25) is 5.13 Å². The fourth-order valence-electron chi connectivity index (χ4n) is 2.64. The van der Waals surface area contributed by atoms with Gasteiger partial charge in [-0.3, -0.25) is 5.43 Å². The van der Waals surface area contributed by atoms with Crippen molar-refractivity contribution in [3.05, 3.63) is 77.2 Å². The van der Waals surface area contributed by atoms with Gasteiger partial charge in [0.05, 0.1) is 25.1 Å². The Hall–Kier alpha value is -3.23. The Bertz CT molecular complexity index is 1090. The number of hydrogen-bond donors (Lipinski definition) is 1. The van der Waals surface area contributed by atoms with Crippen molar-refractivity contribution in [3.63, 3.8) is 0 Å². The highest BCUT2D eigenvalue weighted by Gasteiger charge is 2.08. The molecule has 2 aromatic heterocycles. The Balaban J connectivity index is 1.55. The molecule has 146 valence electrons. The average Bonchev–Trinajstić information content (AvgIpc) is 3.44. The summed E-state index contributed by atoms with van der Waals surface area (Å²) in [5.41, 5.74) is 6.67. The van der Waals surface area contributed by atoms with Crippen LogP contribution in [0.25, 0.3) is 11.3 Å². The monoisotopic (exact) mass is 424 g/mol. The van der Waals surface area contributed by atoms with Crippen LogP contribution in [0.2, 0.25) is 5.02 Å². The molecule has 7 nitrogen and oxygen atoms in total. The molecule has 0 spiro atoms. The zero-order valence-corrected chi connectivity index (χ0v) is 17.1. The van der Waals surface area contributed by atoms with Crippen LogP contribution < -0.4 is 10.2 Å². The van der Waals surface area contributed by atoms with E-state index in [4.69, 9.17) is 16.3 Å². The van der Waals surface area contributed by atoms with Crippen molar-refractivity contribution in [2.75, 3.05) is 12.5 Å². The number of aromatic nitrogens is 4. The zero-order valence-electron chi connectivity index (χ0n) is 15.5. The van der Waals surface area contributed by atoms with E-state index in [-0.39, 0.29) is 0 Å². The molecular weight excluding hydrogens is 408 g/mol. The molecule has 29 heavy (non-hydrogen) atoms. The molecule has 2 aromatic carbocycles. The van der Waals surface area contributed by atoms with Crippen LogP contribution in [-0.4, -0.2) is 32.6 Å². The molecule has 0 aliphatic carbocycles. The Morgan fingerprint density at radius 3 is 2.66 bits per heavy atom. The highest BCUT2D eigenvalue weighted by molar-refractivity contribution is 7.14. The van der Waals surface area contributed by atoms with Crippen LogP contribution in [0.5, 0.6) is 5.75 Å². The van der Waals surface area contributed by atoms with E-state index in [0.717, 1.165) is 28.3 Å². The van der Waals surface area contributed by atoms with Gasteiger partial charge in [0.25, 0.3) is 0 Å². The standard InChI is InChI=1S/C20H17ClN6OS/c1-28-17-8-4-15(5-9-17)19-11-29-20(24-19)26-25-18(10-27-13-22-12-23-27)14-2-6-16(21)7-3-14/h2-9,11-13H,10H2,1H3,(H,24,26)/b25-18+. The van der Waals surface area contributed by atoms with E-state index in [1.807, 2.05) is 53.9 Å². The predicted molar refractivity (Wildman–Crippen MR) is 116 cm³/mol. The minimum atomic E-state index is 0.464. The number of anilines is 1. The van der Waals surface area contributed by atoms with Crippen LogP contribution in [0, 0.1) is 0 Å².